The summed E-state index contributed by atoms with van der Waals surface area (Å²) in [6.07, 6.45) is 3.74. The van der Waals surface area contributed by atoms with E-state index in [4.69, 9.17) is 0 Å². The zero-order valence-electron chi connectivity index (χ0n) is 12.7. The van der Waals surface area contributed by atoms with Crippen molar-refractivity contribution in [1.82, 2.24) is 4.90 Å². The van der Waals surface area contributed by atoms with Gasteiger partial charge in [0.15, 0.2) is 0 Å². The van der Waals surface area contributed by atoms with Crippen molar-refractivity contribution in [2.45, 2.75) is 53.4 Å². The van der Waals surface area contributed by atoms with Crippen LogP contribution in [-0.2, 0) is 14.4 Å². The van der Waals surface area contributed by atoms with E-state index in [1.54, 1.807) is 4.90 Å². The molecule has 0 heterocycles. The minimum Gasteiger partial charge on any atom is -0.299 e. The van der Waals surface area contributed by atoms with E-state index in [-0.39, 0.29) is 42.9 Å². The highest BCUT2D eigenvalue weighted by Gasteiger charge is 2.20. The van der Waals surface area contributed by atoms with Crippen molar-refractivity contribution < 1.29 is 14.4 Å². The molecule has 0 fully saturated rings. The summed E-state index contributed by atoms with van der Waals surface area (Å²) in [6.45, 7) is 7.66. The molecular formula is C15H27NO3. The number of rotatable bonds is 11. The monoisotopic (exact) mass is 269 g/mol. The van der Waals surface area contributed by atoms with Gasteiger partial charge in [-0.1, -0.05) is 26.7 Å². The SMILES string of the molecule is CCCC(CCC)C(=O)CN(CC(C)=O)CC(C)=O. The number of Topliss-reactive ketones (excluding diaryl/α,β-unsaturated/α-hetero) is 3. The molecule has 0 spiro atoms. The Morgan fingerprint density at radius 3 is 1.58 bits per heavy atom. The van der Waals surface area contributed by atoms with Crippen LogP contribution in [0.2, 0.25) is 0 Å². The van der Waals surface area contributed by atoms with Crippen molar-refractivity contribution in [3.63, 3.8) is 0 Å². The first-order chi connectivity index (χ1) is 8.90. The molecule has 0 bridgehead atoms. The highest BCUT2D eigenvalue weighted by Crippen LogP contribution is 2.15. The summed E-state index contributed by atoms with van der Waals surface area (Å²) in [5.41, 5.74) is 0. The summed E-state index contributed by atoms with van der Waals surface area (Å²) in [6, 6.07) is 0. The first-order valence-corrected chi connectivity index (χ1v) is 7.14. The predicted molar refractivity (Wildman–Crippen MR) is 76.1 cm³/mol. The summed E-state index contributed by atoms with van der Waals surface area (Å²) in [7, 11) is 0. The van der Waals surface area contributed by atoms with Crippen LogP contribution >= 0.6 is 0 Å². The first kappa shape index (κ1) is 18.0. The number of hydrogen-bond donors (Lipinski definition) is 0. The van der Waals surface area contributed by atoms with Crippen LogP contribution in [0.4, 0.5) is 0 Å². The van der Waals surface area contributed by atoms with Crippen LogP contribution in [0.1, 0.15) is 53.4 Å². The van der Waals surface area contributed by atoms with Crippen LogP contribution in [0.15, 0.2) is 0 Å². The maximum absolute atomic E-state index is 12.2. The molecule has 0 atom stereocenters. The Hall–Kier alpha value is -1.03. The van der Waals surface area contributed by atoms with E-state index in [1.807, 2.05) is 0 Å². The number of carbonyl (C=O) groups is 3. The topological polar surface area (TPSA) is 54.5 Å². The van der Waals surface area contributed by atoms with Gasteiger partial charge in [-0.3, -0.25) is 19.3 Å². The summed E-state index contributed by atoms with van der Waals surface area (Å²) in [5.74, 6) is 0.191. The molecule has 0 radical (unpaired) electrons. The zero-order chi connectivity index (χ0) is 14.8. The van der Waals surface area contributed by atoms with Crippen molar-refractivity contribution in [2.75, 3.05) is 19.6 Å². The van der Waals surface area contributed by atoms with E-state index in [0.29, 0.717) is 0 Å². The molecule has 0 aliphatic rings. The number of ketones is 3. The summed E-state index contributed by atoms with van der Waals surface area (Å²) >= 11 is 0. The van der Waals surface area contributed by atoms with Gasteiger partial charge in [-0.25, -0.2) is 0 Å². The lowest BCUT2D eigenvalue weighted by Gasteiger charge is -2.22. The average Bonchev–Trinajstić information content (AvgIpc) is 2.26. The largest absolute Gasteiger partial charge is 0.299 e. The van der Waals surface area contributed by atoms with Crippen LogP contribution in [0, 0.1) is 5.92 Å². The highest BCUT2D eigenvalue weighted by atomic mass is 16.1. The molecule has 19 heavy (non-hydrogen) atoms. The van der Waals surface area contributed by atoms with Crippen LogP contribution < -0.4 is 0 Å². The van der Waals surface area contributed by atoms with E-state index in [1.165, 1.54) is 13.8 Å². The third kappa shape index (κ3) is 8.65. The van der Waals surface area contributed by atoms with Gasteiger partial charge >= 0.3 is 0 Å². The molecule has 0 aliphatic carbocycles. The molecule has 4 heteroatoms. The van der Waals surface area contributed by atoms with Crippen LogP contribution in [-0.4, -0.2) is 41.9 Å². The van der Waals surface area contributed by atoms with Crippen LogP contribution in [0.5, 0.6) is 0 Å². The lowest BCUT2D eigenvalue weighted by atomic mass is 9.93. The second-order valence-electron chi connectivity index (χ2n) is 5.29. The number of carbonyl (C=O) groups excluding carboxylic acids is 3. The van der Waals surface area contributed by atoms with Gasteiger partial charge in [-0.15, -0.1) is 0 Å². The summed E-state index contributed by atoms with van der Waals surface area (Å²) in [5, 5.41) is 0. The Kier molecular flexibility index (Phi) is 9.31. The van der Waals surface area contributed by atoms with E-state index in [2.05, 4.69) is 13.8 Å². The third-order valence-corrected chi connectivity index (χ3v) is 3.00. The molecule has 0 saturated heterocycles. The minimum absolute atomic E-state index is 0.0171. The van der Waals surface area contributed by atoms with E-state index >= 15 is 0 Å². The maximum atomic E-state index is 12.2. The minimum atomic E-state index is -0.0171. The molecule has 0 aromatic heterocycles. The molecule has 0 unspecified atom stereocenters. The molecule has 0 amide bonds. The van der Waals surface area contributed by atoms with Gasteiger partial charge in [-0.05, 0) is 26.7 Å². The fourth-order valence-electron chi connectivity index (χ4n) is 2.31. The maximum Gasteiger partial charge on any atom is 0.149 e. The van der Waals surface area contributed by atoms with E-state index in [9.17, 15) is 14.4 Å². The molecule has 4 nitrogen and oxygen atoms in total. The van der Waals surface area contributed by atoms with E-state index in [0.717, 1.165) is 25.7 Å². The molecule has 0 rings (SSSR count). The zero-order valence-corrected chi connectivity index (χ0v) is 12.7. The quantitative estimate of drug-likeness (QED) is 0.577. The molecule has 0 aliphatic heterocycles. The summed E-state index contributed by atoms with van der Waals surface area (Å²) in [4.78, 5) is 36.2. The highest BCUT2D eigenvalue weighted by molar-refractivity contribution is 5.86. The molecular weight excluding hydrogens is 242 g/mol. The Balaban J connectivity index is 4.56. The first-order valence-electron chi connectivity index (χ1n) is 7.14. The Morgan fingerprint density at radius 1 is 0.842 bits per heavy atom. The second kappa shape index (κ2) is 9.84. The standard InChI is InChI=1S/C15H27NO3/c1-5-7-14(8-6-2)15(19)11-16(9-12(3)17)10-13(4)18/h14H,5-11H2,1-4H3. The fraction of sp³-hybridized carbons (Fsp3) is 0.800. The molecule has 0 aromatic rings. The van der Waals surface area contributed by atoms with Gasteiger partial charge in [0.05, 0.1) is 19.6 Å². The fourth-order valence-corrected chi connectivity index (χ4v) is 2.31. The number of nitrogens with zero attached hydrogens (tertiary/aromatic N) is 1. The third-order valence-electron chi connectivity index (χ3n) is 3.00. The normalized spacial score (nSPS) is 11.1. The Morgan fingerprint density at radius 2 is 1.26 bits per heavy atom. The van der Waals surface area contributed by atoms with Gasteiger partial charge in [0.2, 0.25) is 0 Å². The smallest absolute Gasteiger partial charge is 0.149 e. The Labute approximate surface area is 116 Å². The van der Waals surface area contributed by atoms with Gasteiger partial charge in [-0.2, -0.15) is 0 Å². The van der Waals surface area contributed by atoms with Crippen molar-refractivity contribution >= 4 is 17.3 Å². The van der Waals surface area contributed by atoms with Gasteiger partial charge in [0.25, 0.3) is 0 Å². The predicted octanol–water partition coefficient (Wildman–Crippen LogP) is 2.25. The number of hydrogen-bond acceptors (Lipinski definition) is 4. The van der Waals surface area contributed by atoms with Crippen molar-refractivity contribution in [1.29, 1.82) is 0 Å². The van der Waals surface area contributed by atoms with E-state index < -0.39 is 0 Å². The van der Waals surface area contributed by atoms with Crippen LogP contribution in [0.3, 0.4) is 0 Å². The van der Waals surface area contributed by atoms with Crippen molar-refractivity contribution in [3.8, 4) is 0 Å². The lowest BCUT2D eigenvalue weighted by Crippen LogP contribution is -2.39. The van der Waals surface area contributed by atoms with Crippen molar-refractivity contribution in [2.24, 2.45) is 5.92 Å². The van der Waals surface area contributed by atoms with Crippen LogP contribution in [0.25, 0.3) is 0 Å². The second-order valence-corrected chi connectivity index (χ2v) is 5.29. The molecule has 0 N–H and O–H groups in total. The average molecular weight is 269 g/mol. The molecule has 0 aromatic carbocycles. The van der Waals surface area contributed by atoms with Gasteiger partial charge in [0, 0.05) is 5.92 Å². The van der Waals surface area contributed by atoms with Gasteiger partial charge < -0.3 is 0 Å². The summed E-state index contributed by atoms with van der Waals surface area (Å²) < 4.78 is 0. The molecule has 110 valence electrons. The Bertz CT molecular complexity index is 291. The van der Waals surface area contributed by atoms with Crippen molar-refractivity contribution in [3.05, 3.63) is 0 Å². The molecule has 0 saturated carbocycles. The van der Waals surface area contributed by atoms with Gasteiger partial charge in [0.1, 0.15) is 17.3 Å². The lowest BCUT2D eigenvalue weighted by molar-refractivity contribution is -0.126.